The first kappa shape index (κ1) is 18.5. The van der Waals surface area contributed by atoms with E-state index in [1.54, 1.807) is 0 Å². The van der Waals surface area contributed by atoms with Crippen LogP contribution in [0, 0.1) is 6.92 Å². The normalized spacial score (nSPS) is 12.9. The molecule has 2 N–H and O–H groups in total. The summed E-state index contributed by atoms with van der Waals surface area (Å²) < 4.78 is 8.88. The van der Waals surface area contributed by atoms with Crippen molar-refractivity contribution in [3.8, 4) is 0 Å². The predicted octanol–water partition coefficient (Wildman–Crippen LogP) is 0.123. The predicted molar refractivity (Wildman–Crippen MR) is 75.4 cm³/mol. The Bertz CT molecular complexity index is 645. The molecule has 0 saturated heterocycles. The van der Waals surface area contributed by atoms with Crippen molar-refractivity contribution in [2.75, 3.05) is 0 Å². The first-order valence-electron chi connectivity index (χ1n) is 6.63. The smallest absolute Gasteiger partial charge is 0.347 e. The molecule has 23 heavy (non-hydrogen) atoms. The largest absolute Gasteiger partial charge is 0.387 e. The van der Waals surface area contributed by atoms with Crippen LogP contribution in [0.4, 0.5) is 0 Å². The Kier molecular flexibility index (Phi) is 6.11. The van der Waals surface area contributed by atoms with Crippen molar-refractivity contribution in [3.05, 3.63) is 34.9 Å². The first-order valence-corrected chi connectivity index (χ1v) is 6.63. The summed E-state index contributed by atoms with van der Waals surface area (Å²) >= 11 is 0. The molecule has 2 atom stereocenters. The monoisotopic (exact) mass is 324 g/mol. The Hall–Kier alpha value is -2.58. The SMILES string of the molecule is Cc1cccc(C(=O)OC(=O)C(C)O)c1C(=O)OC(=O)C(C)O. The molecular formula is C15H16O8. The van der Waals surface area contributed by atoms with Crippen LogP contribution in [0.15, 0.2) is 18.2 Å². The van der Waals surface area contributed by atoms with Crippen LogP contribution in [0.2, 0.25) is 0 Å². The van der Waals surface area contributed by atoms with Crippen molar-refractivity contribution in [2.24, 2.45) is 0 Å². The van der Waals surface area contributed by atoms with Crippen molar-refractivity contribution >= 4 is 23.9 Å². The van der Waals surface area contributed by atoms with Gasteiger partial charge in [-0.1, -0.05) is 12.1 Å². The molecule has 0 amide bonds. The fourth-order valence-electron chi connectivity index (χ4n) is 1.57. The number of aryl methyl sites for hydroxylation is 1. The fourth-order valence-corrected chi connectivity index (χ4v) is 1.57. The van der Waals surface area contributed by atoms with Gasteiger partial charge in [0, 0.05) is 0 Å². The maximum atomic E-state index is 12.0. The summed E-state index contributed by atoms with van der Waals surface area (Å²) in [6.45, 7) is 3.71. The van der Waals surface area contributed by atoms with E-state index in [1.165, 1.54) is 25.1 Å². The van der Waals surface area contributed by atoms with Crippen LogP contribution < -0.4 is 0 Å². The van der Waals surface area contributed by atoms with Crippen LogP contribution in [0.25, 0.3) is 0 Å². The topological polar surface area (TPSA) is 127 Å². The molecule has 0 saturated carbocycles. The molecule has 8 heteroatoms. The van der Waals surface area contributed by atoms with Gasteiger partial charge >= 0.3 is 23.9 Å². The summed E-state index contributed by atoms with van der Waals surface area (Å²) in [6, 6.07) is 4.12. The summed E-state index contributed by atoms with van der Waals surface area (Å²) in [5.41, 5.74) is -0.278. The van der Waals surface area contributed by atoms with Gasteiger partial charge in [-0.3, -0.25) is 0 Å². The molecule has 1 aromatic carbocycles. The van der Waals surface area contributed by atoms with E-state index in [9.17, 15) is 19.2 Å². The van der Waals surface area contributed by atoms with Gasteiger partial charge in [-0.2, -0.15) is 0 Å². The lowest BCUT2D eigenvalue weighted by molar-refractivity contribution is -0.147. The average Bonchev–Trinajstić information content (AvgIpc) is 2.46. The highest BCUT2D eigenvalue weighted by molar-refractivity contribution is 6.09. The molecule has 8 nitrogen and oxygen atoms in total. The molecule has 0 aliphatic rings. The Labute approximate surface area is 131 Å². The highest BCUT2D eigenvalue weighted by atomic mass is 16.6. The third kappa shape index (κ3) is 4.70. The van der Waals surface area contributed by atoms with Crippen molar-refractivity contribution in [3.63, 3.8) is 0 Å². The van der Waals surface area contributed by atoms with Crippen LogP contribution in [-0.2, 0) is 19.1 Å². The molecule has 0 heterocycles. The van der Waals surface area contributed by atoms with E-state index < -0.39 is 36.1 Å². The number of carbonyl (C=O) groups excluding carboxylic acids is 4. The molecule has 0 fully saturated rings. The van der Waals surface area contributed by atoms with Gasteiger partial charge in [-0.05, 0) is 32.4 Å². The Morgan fingerprint density at radius 2 is 1.39 bits per heavy atom. The molecule has 1 aromatic rings. The van der Waals surface area contributed by atoms with Gasteiger partial charge in [0.05, 0.1) is 11.1 Å². The zero-order valence-electron chi connectivity index (χ0n) is 12.7. The number of esters is 4. The summed E-state index contributed by atoms with van der Waals surface area (Å²) in [4.78, 5) is 46.5. The van der Waals surface area contributed by atoms with Crippen molar-refractivity contribution in [1.82, 2.24) is 0 Å². The van der Waals surface area contributed by atoms with Crippen LogP contribution in [0.1, 0.15) is 40.1 Å². The van der Waals surface area contributed by atoms with Gasteiger partial charge < -0.3 is 19.7 Å². The maximum Gasteiger partial charge on any atom is 0.347 e. The maximum absolute atomic E-state index is 12.0. The third-order valence-corrected chi connectivity index (χ3v) is 2.77. The van der Waals surface area contributed by atoms with Gasteiger partial charge in [-0.25, -0.2) is 19.2 Å². The number of hydrogen-bond donors (Lipinski definition) is 2. The quantitative estimate of drug-likeness (QED) is 0.590. The standard InChI is InChI=1S/C15H16O8/c1-7-5-4-6-10(14(20)22-12(18)8(2)16)11(7)15(21)23-13(19)9(3)17/h4-6,8-9,16-17H,1-3H3. The van der Waals surface area contributed by atoms with E-state index in [0.717, 1.165) is 13.8 Å². The van der Waals surface area contributed by atoms with E-state index in [-0.39, 0.29) is 11.1 Å². The van der Waals surface area contributed by atoms with Gasteiger partial charge in [0.25, 0.3) is 0 Å². The van der Waals surface area contributed by atoms with Crippen LogP contribution in [0.5, 0.6) is 0 Å². The first-order chi connectivity index (χ1) is 10.6. The van der Waals surface area contributed by atoms with E-state index in [2.05, 4.69) is 9.47 Å². The van der Waals surface area contributed by atoms with Gasteiger partial charge in [0.2, 0.25) is 0 Å². The molecule has 2 unspecified atom stereocenters. The van der Waals surface area contributed by atoms with E-state index in [0.29, 0.717) is 5.56 Å². The number of rotatable bonds is 4. The second-order valence-electron chi connectivity index (χ2n) is 4.77. The van der Waals surface area contributed by atoms with Gasteiger partial charge in [0.1, 0.15) is 12.2 Å². The summed E-state index contributed by atoms with van der Waals surface area (Å²) in [6.07, 6.45) is -3.04. The lowest BCUT2D eigenvalue weighted by Crippen LogP contribution is -2.26. The van der Waals surface area contributed by atoms with Crippen molar-refractivity contribution in [2.45, 2.75) is 33.0 Å². The Morgan fingerprint density at radius 1 is 0.913 bits per heavy atom. The van der Waals surface area contributed by atoms with Gasteiger partial charge in [0.15, 0.2) is 0 Å². The molecule has 0 spiro atoms. The van der Waals surface area contributed by atoms with Crippen LogP contribution in [0.3, 0.4) is 0 Å². The van der Waals surface area contributed by atoms with E-state index in [4.69, 9.17) is 10.2 Å². The molecule has 0 aliphatic carbocycles. The minimum Gasteiger partial charge on any atom is -0.387 e. The molecule has 1 rings (SSSR count). The molecule has 124 valence electrons. The van der Waals surface area contributed by atoms with E-state index >= 15 is 0 Å². The fraction of sp³-hybridized carbons (Fsp3) is 0.333. The highest BCUT2D eigenvalue weighted by Gasteiger charge is 2.26. The lowest BCUT2D eigenvalue weighted by atomic mass is 10.0. The average molecular weight is 324 g/mol. The number of benzene rings is 1. The van der Waals surface area contributed by atoms with Gasteiger partial charge in [-0.15, -0.1) is 0 Å². The second kappa shape index (κ2) is 7.61. The van der Waals surface area contributed by atoms with Crippen molar-refractivity contribution in [1.29, 1.82) is 0 Å². The summed E-state index contributed by atoms with van der Waals surface area (Å²) in [7, 11) is 0. The summed E-state index contributed by atoms with van der Waals surface area (Å²) in [5.74, 6) is -4.70. The zero-order chi connectivity index (χ0) is 17.7. The molecule has 0 bridgehead atoms. The minimum absolute atomic E-state index is 0.273. The second-order valence-corrected chi connectivity index (χ2v) is 4.77. The molecule has 0 radical (unpaired) electrons. The molecule has 0 aromatic heterocycles. The third-order valence-electron chi connectivity index (χ3n) is 2.77. The van der Waals surface area contributed by atoms with Crippen LogP contribution >= 0.6 is 0 Å². The van der Waals surface area contributed by atoms with Crippen molar-refractivity contribution < 1.29 is 38.9 Å². The number of aliphatic hydroxyl groups excluding tert-OH is 2. The zero-order valence-corrected chi connectivity index (χ0v) is 12.7. The molecular weight excluding hydrogens is 308 g/mol. The minimum atomic E-state index is -1.52. The van der Waals surface area contributed by atoms with Crippen LogP contribution in [-0.4, -0.2) is 46.3 Å². The highest BCUT2D eigenvalue weighted by Crippen LogP contribution is 2.17. The van der Waals surface area contributed by atoms with E-state index in [1.807, 2.05) is 0 Å². The summed E-state index contributed by atoms with van der Waals surface area (Å²) in [5, 5.41) is 18.1. The molecule has 0 aliphatic heterocycles. The number of carbonyl (C=O) groups is 4. The number of ether oxygens (including phenoxy) is 2. The lowest BCUT2D eigenvalue weighted by Gasteiger charge is -2.11. The Morgan fingerprint density at radius 3 is 1.87 bits per heavy atom. The Balaban J connectivity index is 3.13. The number of aliphatic hydroxyl groups is 2. The number of hydrogen-bond acceptors (Lipinski definition) is 8.